The van der Waals surface area contributed by atoms with Gasteiger partial charge in [0.25, 0.3) is 0 Å². The normalized spacial score (nSPS) is 18.8. The molecule has 1 unspecified atom stereocenters. The smallest absolute Gasteiger partial charge is 0.312 e. The molecule has 2 amide bonds. The summed E-state index contributed by atoms with van der Waals surface area (Å²) >= 11 is 0. The summed E-state index contributed by atoms with van der Waals surface area (Å²) in [5.74, 6) is 0. The van der Waals surface area contributed by atoms with Crippen LogP contribution < -0.4 is 21.7 Å². The highest BCUT2D eigenvalue weighted by Gasteiger charge is 2.16. The molecule has 0 bridgehead atoms. The highest BCUT2D eigenvalue weighted by molar-refractivity contribution is 5.71. The van der Waals surface area contributed by atoms with E-state index in [2.05, 4.69) is 40.2 Å². The molecule has 0 radical (unpaired) electrons. The van der Waals surface area contributed by atoms with Crippen molar-refractivity contribution in [1.82, 2.24) is 16.0 Å². The number of carbonyl (C=O) groups is 1. The summed E-state index contributed by atoms with van der Waals surface area (Å²) < 4.78 is 0. The van der Waals surface area contributed by atoms with Gasteiger partial charge < -0.3 is 21.7 Å². The van der Waals surface area contributed by atoms with Crippen molar-refractivity contribution in [2.75, 3.05) is 19.6 Å². The van der Waals surface area contributed by atoms with Crippen molar-refractivity contribution in [1.29, 1.82) is 0 Å². The molecule has 1 aromatic carbocycles. The molecule has 0 saturated carbocycles. The minimum atomic E-state index is -0.472. The van der Waals surface area contributed by atoms with E-state index in [1.807, 2.05) is 0 Å². The third-order valence-electron chi connectivity index (χ3n) is 3.17. The van der Waals surface area contributed by atoms with Gasteiger partial charge in [-0.25, -0.2) is 4.79 Å². The van der Waals surface area contributed by atoms with E-state index in [0.29, 0.717) is 12.6 Å². The van der Waals surface area contributed by atoms with Crippen LogP contribution in [0.4, 0.5) is 4.79 Å². The van der Waals surface area contributed by atoms with Crippen LogP contribution in [0.2, 0.25) is 0 Å². The maximum atomic E-state index is 10.6. The highest BCUT2D eigenvalue weighted by atomic mass is 16.2. The van der Waals surface area contributed by atoms with Crippen LogP contribution in [0.1, 0.15) is 23.6 Å². The number of hydrogen-bond acceptors (Lipinski definition) is 3. The molecule has 5 N–H and O–H groups in total. The average Bonchev–Trinajstić information content (AvgIpc) is 2.57. The molecular formula is C13H20N4O. The van der Waals surface area contributed by atoms with Crippen LogP contribution in [-0.4, -0.2) is 25.7 Å². The zero-order chi connectivity index (χ0) is 12.8. The molecule has 5 heteroatoms. The number of primary amides is 1. The van der Waals surface area contributed by atoms with Gasteiger partial charge in [0.2, 0.25) is 0 Å². The van der Waals surface area contributed by atoms with Crippen molar-refractivity contribution in [2.24, 2.45) is 5.73 Å². The van der Waals surface area contributed by atoms with Crippen molar-refractivity contribution in [2.45, 2.75) is 19.0 Å². The summed E-state index contributed by atoms with van der Waals surface area (Å²) in [6.07, 6.45) is 1.05. The van der Waals surface area contributed by atoms with Crippen molar-refractivity contribution >= 4 is 6.03 Å². The Morgan fingerprint density at radius 3 is 3.06 bits per heavy atom. The van der Waals surface area contributed by atoms with Crippen molar-refractivity contribution in [3.63, 3.8) is 0 Å². The zero-order valence-corrected chi connectivity index (χ0v) is 10.4. The predicted octanol–water partition coefficient (Wildman–Crippen LogP) is 0.479. The Bertz CT molecular complexity index is 408. The van der Waals surface area contributed by atoms with E-state index < -0.39 is 6.03 Å². The zero-order valence-electron chi connectivity index (χ0n) is 10.4. The Kier molecular flexibility index (Phi) is 4.55. The standard InChI is InChI=1S/C13H20N4O/c14-13(18)17-8-7-16-12-5-6-15-9-10-3-1-2-4-11(10)12/h1-4,12,15-16H,5-9H2,(H3,14,17,18). The van der Waals surface area contributed by atoms with E-state index >= 15 is 0 Å². The van der Waals surface area contributed by atoms with Crippen LogP contribution in [-0.2, 0) is 6.54 Å². The van der Waals surface area contributed by atoms with Gasteiger partial charge in [0.05, 0.1) is 0 Å². The fourth-order valence-electron chi connectivity index (χ4n) is 2.30. The number of hydrogen-bond donors (Lipinski definition) is 4. The molecule has 5 nitrogen and oxygen atoms in total. The average molecular weight is 248 g/mol. The monoisotopic (exact) mass is 248 g/mol. The lowest BCUT2D eigenvalue weighted by Crippen LogP contribution is -2.36. The third kappa shape index (κ3) is 3.45. The molecule has 2 rings (SSSR count). The van der Waals surface area contributed by atoms with E-state index in [-0.39, 0.29) is 0 Å². The van der Waals surface area contributed by atoms with Crippen LogP contribution in [0.25, 0.3) is 0 Å². The summed E-state index contributed by atoms with van der Waals surface area (Å²) in [6, 6.07) is 8.33. The second-order valence-electron chi connectivity index (χ2n) is 4.46. The van der Waals surface area contributed by atoms with Gasteiger partial charge in [-0.1, -0.05) is 24.3 Å². The summed E-state index contributed by atoms with van der Waals surface area (Å²) in [5.41, 5.74) is 7.72. The number of urea groups is 1. The molecule has 0 spiro atoms. The molecule has 0 aliphatic carbocycles. The molecule has 18 heavy (non-hydrogen) atoms. The minimum absolute atomic E-state index is 0.339. The Labute approximate surface area is 107 Å². The molecule has 1 aliphatic heterocycles. The van der Waals surface area contributed by atoms with Gasteiger partial charge in [0.15, 0.2) is 0 Å². The highest BCUT2D eigenvalue weighted by Crippen LogP contribution is 2.22. The first-order chi connectivity index (χ1) is 8.77. The number of nitrogens with one attached hydrogen (secondary N) is 3. The molecule has 0 fully saturated rings. The molecule has 1 aliphatic rings. The van der Waals surface area contributed by atoms with Gasteiger partial charge in [0.1, 0.15) is 0 Å². The summed E-state index contributed by atoms with van der Waals surface area (Å²) in [5, 5.41) is 9.46. The predicted molar refractivity (Wildman–Crippen MR) is 71.1 cm³/mol. The maximum Gasteiger partial charge on any atom is 0.312 e. The second-order valence-corrected chi connectivity index (χ2v) is 4.46. The van der Waals surface area contributed by atoms with E-state index in [0.717, 1.165) is 26.1 Å². The number of carbonyl (C=O) groups excluding carboxylic acids is 1. The van der Waals surface area contributed by atoms with Crippen molar-refractivity contribution < 1.29 is 4.79 Å². The van der Waals surface area contributed by atoms with Gasteiger partial charge in [-0.2, -0.15) is 0 Å². The van der Waals surface area contributed by atoms with E-state index in [1.54, 1.807) is 0 Å². The van der Waals surface area contributed by atoms with Crippen LogP contribution in [0.5, 0.6) is 0 Å². The maximum absolute atomic E-state index is 10.6. The lowest BCUT2D eigenvalue weighted by molar-refractivity contribution is 0.248. The number of amides is 2. The topological polar surface area (TPSA) is 79.2 Å². The SMILES string of the molecule is NC(=O)NCCNC1CCNCc2ccccc21. The van der Waals surface area contributed by atoms with Crippen LogP contribution in [0.3, 0.4) is 0 Å². The van der Waals surface area contributed by atoms with Crippen LogP contribution in [0.15, 0.2) is 24.3 Å². The van der Waals surface area contributed by atoms with Gasteiger partial charge in [0, 0.05) is 25.7 Å². The van der Waals surface area contributed by atoms with Gasteiger partial charge in [-0.15, -0.1) is 0 Å². The molecule has 0 aromatic heterocycles. The summed E-state index contributed by atoms with van der Waals surface area (Å²) in [6.45, 7) is 3.20. The lowest BCUT2D eigenvalue weighted by atomic mass is 9.99. The van der Waals surface area contributed by atoms with E-state index in [4.69, 9.17) is 5.73 Å². The fourth-order valence-corrected chi connectivity index (χ4v) is 2.30. The number of benzene rings is 1. The first-order valence-electron chi connectivity index (χ1n) is 6.32. The molecule has 1 heterocycles. The Morgan fingerprint density at radius 1 is 1.39 bits per heavy atom. The Balaban J connectivity index is 1.93. The Hall–Kier alpha value is -1.59. The number of fused-ring (bicyclic) bond motifs is 1. The van der Waals surface area contributed by atoms with Crippen LogP contribution >= 0.6 is 0 Å². The first kappa shape index (κ1) is 12.9. The van der Waals surface area contributed by atoms with Crippen molar-refractivity contribution in [3.8, 4) is 0 Å². The molecule has 0 saturated heterocycles. The lowest BCUT2D eigenvalue weighted by Gasteiger charge is -2.19. The summed E-state index contributed by atoms with van der Waals surface area (Å²) in [7, 11) is 0. The molecule has 98 valence electrons. The molecule has 1 atom stereocenters. The Morgan fingerprint density at radius 2 is 2.22 bits per heavy atom. The fraction of sp³-hybridized carbons (Fsp3) is 0.462. The van der Waals surface area contributed by atoms with Crippen LogP contribution in [0, 0.1) is 0 Å². The largest absolute Gasteiger partial charge is 0.352 e. The molecular weight excluding hydrogens is 228 g/mol. The quantitative estimate of drug-likeness (QED) is 0.585. The van der Waals surface area contributed by atoms with Gasteiger partial charge in [-0.3, -0.25) is 0 Å². The van der Waals surface area contributed by atoms with Gasteiger partial charge in [-0.05, 0) is 24.1 Å². The minimum Gasteiger partial charge on any atom is -0.352 e. The summed E-state index contributed by atoms with van der Waals surface area (Å²) in [4.78, 5) is 10.6. The van der Waals surface area contributed by atoms with Gasteiger partial charge >= 0.3 is 6.03 Å². The first-order valence-corrected chi connectivity index (χ1v) is 6.32. The second kappa shape index (κ2) is 6.37. The van der Waals surface area contributed by atoms with E-state index in [1.165, 1.54) is 11.1 Å². The third-order valence-corrected chi connectivity index (χ3v) is 3.17. The number of rotatable bonds is 4. The van der Waals surface area contributed by atoms with Crippen molar-refractivity contribution in [3.05, 3.63) is 35.4 Å². The molecule has 1 aromatic rings. The van der Waals surface area contributed by atoms with E-state index in [9.17, 15) is 4.79 Å². The number of nitrogens with two attached hydrogens (primary N) is 1.